The van der Waals surface area contributed by atoms with Crippen LogP contribution in [0.5, 0.6) is 0 Å². The Morgan fingerprint density at radius 3 is 3.00 bits per heavy atom. The fraction of sp³-hybridized carbons (Fsp3) is 0.357. The predicted molar refractivity (Wildman–Crippen MR) is 67.4 cm³/mol. The summed E-state index contributed by atoms with van der Waals surface area (Å²) in [4.78, 5) is 0. The van der Waals surface area contributed by atoms with E-state index in [2.05, 4.69) is 35.7 Å². The Balaban J connectivity index is 1.87. The monoisotopic (exact) mass is 225 g/mol. The van der Waals surface area contributed by atoms with Crippen molar-refractivity contribution in [2.75, 3.05) is 0 Å². The fourth-order valence-electron chi connectivity index (χ4n) is 2.10. The molecule has 17 heavy (non-hydrogen) atoms. The molecule has 0 spiro atoms. The largest absolute Gasteiger partial charge is 0.334 e. The van der Waals surface area contributed by atoms with Gasteiger partial charge >= 0.3 is 0 Å². The van der Waals surface area contributed by atoms with E-state index in [-0.39, 0.29) is 0 Å². The number of nitriles is 1. The molecule has 0 radical (unpaired) electrons. The van der Waals surface area contributed by atoms with Gasteiger partial charge in [-0.05, 0) is 35.9 Å². The summed E-state index contributed by atoms with van der Waals surface area (Å²) in [5, 5.41) is 13.5. The maximum atomic E-state index is 8.77. The van der Waals surface area contributed by atoms with Crippen LogP contribution in [-0.2, 0) is 13.1 Å². The average molecular weight is 225 g/mol. The molecule has 0 atom stereocenters. The summed E-state index contributed by atoms with van der Waals surface area (Å²) < 4.78 is 2.00. The zero-order chi connectivity index (χ0) is 11.7. The first-order valence-corrected chi connectivity index (χ1v) is 6.05. The van der Waals surface area contributed by atoms with Gasteiger partial charge in [-0.2, -0.15) is 5.26 Å². The van der Waals surface area contributed by atoms with E-state index in [0.29, 0.717) is 6.54 Å². The first kappa shape index (κ1) is 10.4. The van der Waals surface area contributed by atoms with Crippen molar-refractivity contribution in [3.05, 3.63) is 36.0 Å². The van der Waals surface area contributed by atoms with Gasteiger partial charge in [-0.1, -0.05) is 12.1 Å². The van der Waals surface area contributed by atoms with Crippen LogP contribution in [0.3, 0.4) is 0 Å². The van der Waals surface area contributed by atoms with Crippen molar-refractivity contribution in [2.24, 2.45) is 0 Å². The molecule has 1 N–H and O–H groups in total. The summed E-state index contributed by atoms with van der Waals surface area (Å²) in [7, 11) is 0. The topological polar surface area (TPSA) is 40.8 Å². The molecule has 1 aliphatic rings. The minimum absolute atomic E-state index is 0.420. The van der Waals surface area contributed by atoms with E-state index in [1.807, 2.05) is 10.8 Å². The Morgan fingerprint density at radius 1 is 1.35 bits per heavy atom. The van der Waals surface area contributed by atoms with Crippen LogP contribution >= 0.6 is 0 Å². The summed E-state index contributed by atoms with van der Waals surface area (Å²) in [6.45, 7) is 1.35. The van der Waals surface area contributed by atoms with Gasteiger partial charge in [-0.15, -0.1) is 0 Å². The highest BCUT2D eigenvalue weighted by molar-refractivity contribution is 5.80. The average Bonchev–Trinajstić information content (AvgIpc) is 3.10. The summed E-state index contributed by atoms with van der Waals surface area (Å²) in [6.07, 6.45) is 4.60. The van der Waals surface area contributed by atoms with Crippen molar-refractivity contribution in [3.8, 4) is 6.07 Å². The third-order valence-electron chi connectivity index (χ3n) is 3.25. The highest BCUT2D eigenvalue weighted by Gasteiger charge is 2.19. The van der Waals surface area contributed by atoms with Crippen LogP contribution in [0.25, 0.3) is 10.9 Å². The van der Waals surface area contributed by atoms with E-state index < -0.39 is 0 Å². The second kappa shape index (κ2) is 4.23. The van der Waals surface area contributed by atoms with E-state index in [0.717, 1.165) is 18.1 Å². The number of aromatic nitrogens is 1. The maximum Gasteiger partial charge on any atom is 0.110 e. The quantitative estimate of drug-likeness (QED) is 0.868. The molecule has 1 aromatic heterocycles. The zero-order valence-corrected chi connectivity index (χ0v) is 9.69. The van der Waals surface area contributed by atoms with Gasteiger partial charge in [0.2, 0.25) is 0 Å². The van der Waals surface area contributed by atoms with Gasteiger partial charge in [0.05, 0.1) is 6.07 Å². The van der Waals surface area contributed by atoms with E-state index in [1.54, 1.807) is 0 Å². The lowest BCUT2D eigenvalue weighted by Crippen LogP contribution is -2.15. The van der Waals surface area contributed by atoms with E-state index >= 15 is 0 Å². The molecular weight excluding hydrogens is 210 g/mol. The molecule has 1 aliphatic carbocycles. The lowest BCUT2D eigenvalue weighted by molar-refractivity contribution is 0.688. The Bertz CT molecular complexity index is 573. The molecule has 0 unspecified atom stereocenters. The molecule has 1 heterocycles. The van der Waals surface area contributed by atoms with Crippen LogP contribution in [0.4, 0.5) is 0 Å². The predicted octanol–water partition coefficient (Wildman–Crippen LogP) is 2.42. The summed E-state index contributed by atoms with van der Waals surface area (Å²) in [5.74, 6) is 0. The third kappa shape index (κ3) is 2.17. The second-order valence-corrected chi connectivity index (χ2v) is 4.65. The zero-order valence-electron chi connectivity index (χ0n) is 9.69. The van der Waals surface area contributed by atoms with Crippen molar-refractivity contribution in [1.82, 2.24) is 9.88 Å². The van der Waals surface area contributed by atoms with Crippen LogP contribution in [0.2, 0.25) is 0 Å². The summed E-state index contributed by atoms with van der Waals surface area (Å²) >= 11 is 0. The molecule has 3 heteroatoms. The Labute approximate surface area is 101 Å². The molecule has 1 fully saturated rings. The van der Waals surface area contributed by atoms with Gasteiger partial charge in [0.15, 0.2) is 0 Å². The highest BCUT2D eigenvalue weighted by atomic mass is 15.0. The Kier molecular flexibility index (Phi) is 2.58. The molecule has 0 bridgehead atoms. The molecule has 86 valence electrons. The number of hydrogen-bond acceptors (Lipinski definition) is 2. The van der Waals surface area contributed by atoms with E-state index in [4.69, 9.17) is 5.26 Å². The van der Waals surface area contributed by atoms with E-state index in [1.165, 1.54) is 23.8 Å². The minimum Gasteiger partial charge on any atom is -0.334 e. The SMILES string of the molecule is N#CCn1ccc2ccc(CNC3CC3)cc21. The molecule has 0 saturated heterocycles. The van der Waals surface area contributed by atoms with Crippen LogP contribution in [-0.4, -0.2) is 10.6 Å². The van der Waals surface area contributed by atoms with Crippen LogP contribution < -0.4 is 5.32 Å². The van der Waals surface area contributed by atoms with Gasteiger partial charge < -0.3 is 9.88 Å². The standard InChI is InChI=1S/C14H15N3/c15-6-8-17-7-5-12-2-1-11(9-14(12)17)10-16-13-3-4-13/h1-2,5,7,9,13,16H,3-4,8,10H2. The molecule has 3 nitrogen and oxygen atoms in total. The molecule has 1 saturated carbocycles. The molecule has 0 aliphatic heterocycles. The lowest BCUT2D eigenvalue weighted by Gasteiger charge is -2.05. The van der Waals surface area contributed by atoms with Gasteiger partial charge in [0.1, 0.15) is 6.54 Å². The summed E-state index contributed by atoms with van der Waals surface area (Å²) in [6, 6.07) is 11.5. The maximum absolute atomic E-state index is 8.77. The number of fused-ring (bicyclic) bond motifs is 1. The number of rotatable bonds is 4. The van der Waals surface area contributed by atoms with Crippen molar-refractivity contribution < 1.29 is 0 Å². The minimum atomic E-state index is 0.420. The third-order valence-corrected chi connectivity index (χ3v) is 3.25. The normalized spacial score (nSPS) is 15.0. The molecular formula is C14H15N3. The second-order valence-electron chi connectivity index (χ2n) is 4.65. The molecule has 0 amide bonds. The van der Waals surface area contributed by atoms with Crippen LogP contribution in [0.1, 0.15) is 18.4 Å². The van der Waals surface area contributed by atoms with E-state index in [9.17, 15) is 0 Å². The van der Waals surface area contributed by atoms with Gasteiger partial charge in [0.25, 0.3) is 0 Å². The van der Waals surface area contributed by atoms with Crippen LogP contribution in [0, 0.1) is 11.3 Å². The van der Waals surface area contributed by atoms with Crippen molar-refractivity contribution in [2.45, 2.75) is 32.0 Å². The van der Waals surface area contributed by atoms with Gasteiger partial charge in [0, 0.05) is 24.3 Å². The Hall–Kier alpha value is -1.79. The number of hydrogen-bond donors (Lipinski definition) is 1. The first-order valence-electron chi connectivity index (χ1n) is 6.05. The van der Waals surface area contributed by atoms with Gasteiger partial charge in [-0.3, -0.25) is 0 Å². The molecule has 2 aromatic rings. The molecule has 3 rings (SSSR count). The number of nitrogens with zero attached hydrogens (tertiary/aromatic N) is 2. The number of nitrogens with one attached hydrogen (secondary N) is 1. The first-order chi connectivity index (χ1) is 8.36. The highest BCUT2D eigenvalue weighted by Crippen LogP contribution is 2.21. The molecule has 1 aromatic carbocycles. The number of benzene rings is 1. The smallest absolute Gasteiger partial charge is 0.110 e. The van der Waals surface area contributed by atoms with Crippen molar-refractivity contribution >= 4 is 10.9 Å². The lowest BCUT2D eigenvalue weighted by atomic mass is 10.1. The Morgan fingerprint density at radius 2 is 2.24 bits per heavy atom. The van der Waals surface area contributed by atoms with Gasteiger partial charge in [-0.25, -0.2) is 0 Å². The van der Waals surface area contributed by atoms with Crippen molar-refractivity contribution in [3.63, 3.8) is 0 Å². The van der Waals surface area contributed by atoms with Crippen molar-refractivity contribution in [1.29, 1.82) is 5.26 Å². The fourth-order valence-corrected chi connectivity index (χ4v) is 2.10. The summed E-state index contributed by atoms with van der Waals surface area (Å²) in [5.41, 5.74) is 2.45. The van der Waals surface area contributed by atoms with Crippen LogP contribution in [0.15, 0.2) is 30.5 Å².